The van der Waals surface area contributed by atoms with E-state index in [9.17, 15) is 18.0 Å². The summed E-state index contributed by atoms with van der Waals surface area (Å²) in [6, 6.07) is 6.41. The SMILES string of the molecule is O=C(CCN1CCN(Cc2ccc(OC(F)(F)F)cc2)CC1)NC1CCCC1. The van der Waals surface area contributed by atoms with Crippen molar-refractivity contribution in [1.29, 1.82) is 0 Å². The van der Waals surface area contributed by atoms with E-state index in [0.717, 1.165) is 51.1 Å². The van der Waals surface area contributed by atoms with E-state index in [1.165, 1.54) is 25.0 Å². The van der Waals surface area contributed by atoms with Gasteiger partial charge >= 0.3 is 6.36 Å². The van der Waals surface area contributed by atoms with Crippen molar-refractivity contribution in [2.45, 2.75) is 51.1 Å². The fourth-order valence-electron chi connectivity index (χ4n) is 3.86. The maximum atomic E-state index is 12.2. The largest absolute Gasteiger partial charge is 0.573 e. The number of nitrogens with one attached hydrogen (secondary N) is 1. The van der Waals surface area contributed by atoms with E-state index in [1.54, 1.807) is 12.1 Å². The molecule has 2 aliphatic rings. The molecule has 1 saturated carbocycles. The lowest BCUT2D eigenvalue weighted by Crippen LogP contribution is -2.47. The molecule has 1 amide bonds. The van der Waals surface area contributed by atoms with Crippen LogP contribution in [0.15, 0.2) is 24.3 Å². The van der Waals surface area contributed by atoms with Crippen LogP contribution in [0.3, 0.4) is 0 Å². The fraction of sp³-hybridized carbons (Fsp3) is 0.650. The minimum Gasteiger partial charge on any atom is -0.406 e. The molecule has 2 fully saturated rings. The highest BCUT2D eigenvalue weighted by atomic mass is 19.4. The molecular weight excluding hydrogens is 371 g/mol. The van der Waals surface area contributed by atoms with Crippen LogP contribution in [0, 0.1) is 0 Å². The van der Waals surface area contributed by atoms with Crippen molar-refractivity contribution in [1.82, 2.24) is 15.1 Å². The zero-order chi connectivity index (χ0) is 20.0. The van der Waals surface area contributed by atoms with Crippen LogP contribution >= 0.6 is 0 Å². The second kappa shape index (κ2) is 9.60. The average molecular weight is 399 g/mol. The Balaban J connectivity index is 1.34. The van der Waals surface area contributed by atoms with Gasteiger partial charge < -0.3 is 15.0 Å². The van der Waals surface area contributed by atoms with E-state index in [0.29, 0.717) is 19.0 Å². The van der Waals surface area contributed by atoms with Gasteiger partial charge in [-0.05, 0) is 30.5 Å². The number of ether oxygens (including phenoxy) is 1. The molecule has 0 unspecified atom stereocenters. The summed E-state index contributed by atoms with van der Waals surface area (Å²) in [5.74, 6) is -0.0487. The summed E-state index contributed by atoms with van der Waals surface area (Å²) < 4.78 is 40.5. The van der Waals surface area contributed by atoms with E-state index >= 15 is 0 Å². The highest BCUT2D eigenvalue weighted by molar-refractivity contribution is 5.76. The van der Waals surface area contributed by atoms with Crippen LogP contribution < -0.4 is 10.1 Å². The molecule has 156 valence electrons. The summed E-state index contributed by atoms with van der Waals surface area (Å²) in [5, 5.41) is 3.12. The molecule has 28 heavy (non-hydrogen) atoms. The van der Waals surface area contributed by atoms with Gasteiger partial charge in [-0.15, -0.1) is 13.2 Å². The van der Waals surface area contributed by atoms with E-state index < -0.39 is 6.36 Å². The zero-order valence-corrected chi connectivity index (χ0v) is 16.0. The highest BCUT2D eigenvalue weighted by Crippen LogP contribution is 2.23. The second-order valence-electron chi connectivity index (χ2n) is 7.61. The first kappa shape index (κ1) is 20.9. The minimum absolute atomic E-state index is 0.149. The Morgan fingerprint density at radius 1 is 1.04 bits per heavy atom. The van der Waals surface area contributed by atoms with Gasteiger partial charge in [0.2, 0.25) is 5.91 Å². The number of benzene rings is 1. The van der Waals surface area contributed by atoms with Crippen LogP contribution in [-0.4, -0.2) is 60.8 Å². The molecule has 0 atom stereocenters. The first-order valence-corrected chi connectivity index (χ1v) is 9.96. The number of hydrogen-bond acceptors (Lipinski definition) is 4. The summed E-state index contributed by atoms with van der Waals surface area (Å²) in [6.45, 7) is 5.02. The van der Waals surface area contributed by atoms with Crippen molar-refractivity contribution in [2.75, 3.05) is 32.7 Å². The normalized spacial score (nSPS) is 19.7. The number of rotatable bonds is 7. The number of amides is 1. The van der Waals surface area contributed by atoms with Gasteiger partial charge in [0.15, 0.2) is 0 Å². The molecule has 0 aromatic heterocycles. The fourth-order valence-corrected chi connectivity index (χ4v) is 3.86. The molecule has 0 spiro atoms. The summed E-state index contributed by atoms with van der Waals surface area (Å²) >= 11 is 0. The van der Waals surface area contributed by atoms with Crippen LogP contribution in [0.5, 0.6) is 5.75 Å². The maximum absolute atomic E-state index is 12.2. The predicted molar refractivity (Wildman–Crippen MR) is 99.9 cm³/mol. The molecule has 1 N–H and O–H groups in total. The van der Waals surface area contributed by atoms with Crippen LogP contribution in [0.25, 0.3) is 0 Å². The smallest absolute Gasteiger partial charge is 0.406 e. The number of carbonyl (C=O) groups excluding carboxylic acids is 1. The van der Waals surface area contributed by atoms with E-state index in [4.69, 9.17) is 0 Å². The van der Waals surface area contributed by atoms with Gasteiger partial charge in [0.05, 0.1) is 0 Å². The molecule has 8 heteroatoms. The van der Waals surface area contributed by atoms with Gasteiger partial charge in [-0.2, -0.15) is 0 Å². The third kappa shape index (κ3) is 6.98. The summed E-state index contributed by atoms with van der Waals surface area (Å²) in [6.07, 6.45) is 0.514. The molecule has 1 aliphatic heterocycles. The van der Waals surface area contributed by atoms with Crippen molar-refractivity contribution in [3.8, 4) is 5.75 Å². The summed E-state index contributed by atoms with van der Waals surface area (Å²) in [7, 11) is 0. The van der Waals surface area contributed by atoms with Gasteiger partial charge in [0.25, 0.3) is 0 Å². The Bertz CT molecular complexity index is 623. The van der Waals surface area contributed by atoms with Crippen LogP contribution in [0.1, 0.15) is 37.7 Å². The second-order valence-corrected chi connectivity index (χ2v) is 7.61. The van der Waals surface area contributed by atoms with Gasteiger partial charge in [-0.3, -0.25) is 9.69 Å². The van der Waals surface area contributed by atoms with Gasteiger partial charge in [-0.25, -0.2) is 0 Å². The summed E-state index contributed by atoms with van der Waals surface area (Å²) in [5.41, 5.74) is 0.957. The lowest BCUT2D eigenvalue weighted by molar-refractivity contribution is -0.274. The van der Waals surface area contributed by atoms with E-state index in [1.807, 2.05) is 0 Å². The van der Waals surface area contributed by atoms with E-state index in [2.05, 4.69) is 19.9 Å². The number of halogens is 3. The molecule has 1 aromatic rings. The molecule has 1 heterocycles. The van der Waals surface area contributed by atoms with Crippen LogP contribution in [-0.2, 0) is 11.3 Å². The molecule has 0 bridgehead atoms. The lowest BCUT2D eigenvalue weighted by Gasteiger charge is -2.34. The molecular formula is C20H28F3N3O2. The van der Waals surface area contributed by atoms with Gasteiger partial charge in [0, 0.05) is 51.7 Å². The summed E-state index contributed by atoms with van der Waals surface area (Å²) in [4.78, 5) is 16.6. The molecule has 1 aromatic carbocycles. The van der Waals surface area contributed by atoms with Crippen LogP contribution in [0.2, 0.25) is 0 Å². The van der Waals surface area contributed by atoms with Crippen molar-refractivity contribution < 1.29 is 22.7 Å². The minimum atomic E-state index is -4.66. The number of alkyl halides is 3. The number of nitrogens with zero attached hydrogens (tertiary/aromatic N) is 2. The predicted octanol–water partition coefficient (Wildman–Crippen LogP) is 3.15. The van der Waals surface area contributed by atoms with Gasteiger partial charge in [-0.1, -0.05) is 25.0 Å². The Labute approximate surface area is 163 Å². The first-order valence-electron chi connectivity index (χ1n) is 9.96. The van der Waals surface area contributed by atoms with E-state index in [-0.39, 0.29) is 11.7 Å². The maximum Gasteiger partial charge on any atom is 0.573 e. The Morgan fingerprint density at radius 3 is 2.25 bits per heavy atom. The molecule has 1 aliphatic carbocycles. The standard InChI is InChI=1S/C20H28F3N3O2/c21-20(22,23)28-18-7-5-16(6-8-18)15-26-13-11-25(12-14-26)10-9-19(27)24-17-3-1-2-4-17/h5-8,17H,1-4,9-15H2,(H,24,27). The first-order chi connectivity index (χ1) is 13.4. The third-order valence-corrected chi connectivity index (χ3v) is 5.40. The topological polar surface area (TPSA) is 44.8 Å². The highest BCUT2D eigenvalue weighted by Gasteiger charge is 2.31. The monoisotopic (exact) mass is 399 g/mol. The molecule has 3 rings (SSSR count). The molecule has 1 saturated heterocycles. The van der Waals surface area contributed by atoms with Gasteiger partial charge in [0.1, 0.15) is 5.75 Å². The molecule has 0 radical (unpaired) electrons. The number of piperazine rings is 1. The van der Waals surface area contributed by atoms with Crippen molar-refractivity contribution in [3.05, 3.63) is 29.8 Å². The Hall–Kier alpha value is -1.80. The quantitative estimate of drug-likeness (QED) is 0.765. The Morgan fingerprint density at radius 2 is 1.64 bits per heavy atom. The average Bonchev–Trinajstić information content (AvgIpc) is 3.14. The molecule has 5 nitrogen and oxygen atoms in total. The number of hydrogen-bond donors (Lipinski definition) is 1. The van der Waals surface area contributed by atoms with Crippen LogP contribution in [0.4, 0.5) is 13.2 Å². The van der Waals surface area contributed by atoms with Crippen molar-refractivity contribution >= 4 is 5.91 Å². The van der Waals surface area contributed by atoms with Crippen molar-refractivity contribution in [2.24, 2.45) is 0 Å². The lowest BCUT2D eigenvalue weighted by atomic mass is 10.2. The Kier molecular flexibility index (Phi) is 7.18. The zero-order valence-electron chi connectivity index (χ0n) is 16.0. The third-order valence-electron chi connectivity index (χ3n) is 5.40. The number of carbonyl (C=O) groups is 1. The van der Waals surface area contributed by atoms with Crippen molar-refractivity contribution in [3.63, 3.8) is 0 Å².